The van der Waals surface area contributed by atoms with E-state index >= 15 is 0 Å². The van der Waals surface area contributed by atoms with Gasteiger partial charge in [-0.05, 0) is 19.4 Å². The Morgan fingerprint density at radius 2 is 2.40 bits per heavy atom. The maximum Gasteiger partial charge on any atom is 0.0869 e. The average Bonchev–Trinajstić information content (AvgIpc) is 1.88. The van der Waals surface area contributed by atoms with Crippen molar-refractivity contribution >= 4 is 11.6 Å². The Balaban J connectivity index is 2.18. The highest BCUT2D eigenvalue weighted by Gasteiger charge is 2.16. The summed E-state index contributed by atoms with van der Waals surface area (Å²) in [6, 6.07) is 0. The third-order valence-corrected chi connectivity index (χ3v) is 2.28. The molecule has 3 heteroatoms. The third-order valence-electron chi connectivity index (χ3n) is 1.92. The van der Waals surface area contributed by atoms with Gasteiger partial charge in [0.25, 0.3) is 0 Å². The largest absolute Gasteiger partial charge is 0.357 e. The number of quaternary nitrogens is 1. The predicted octanol–water partition coefficient (Wildman–Crippen LogP) is -0.0685. The van der Waals surface area contributed by atoms with Crippen LogP contribution in [0, 0.1) is 0 Å². The number of rotatable bonds is 2. The molecule has 3 N–H and O–H groups in total. The second-order valence-corrected chi connectivity index (χ2v) is 3.51. The maximum atomic E-state index is 5.99. The Morgan fingerprint density at radius 3 is 3.00 bits per heavy atom. The number of likely N-dealkylation sites (tertiary alicyclic amines) is 1. The number of piperidine rings is 1. The molecular formula is C7H16ClN2+. The molecule has 1 rings (SSSR count). The molecule has 2 nitrogen and oxygen atoms in total. The molecule has 1 heterocycles. The van der Waals surface area contributed by atoms with Crippen molar-refractivity contribution in [3.63, 3.8) is 0 Å². The standard InChI is InChI=1S/C7H15ClN2/c8-7-2-1-4-10(6-7)5-3-9/h7H,1-6,9H2/p+1. The van der Waals surface area contributed by atoms with Crippen LogP contribution in [0.5, 0.6) is 0 Å². The molecule has 1 fully saturated rings. The smallest absolute Gasteiger partial charge is 0.0869 e. The summed E-state index contributed by atoms with van der Waals surface area (Å²) in [7, 11) is 0. The van der Waals surface area contributed by atoms with E-state index in [0.717, 1.165) is 19.6 Å². The zero-order valence-corrected chi connectivity index (χ0v) is 7.11. The molecular weight excluding hydrogens is 148 g/mol. The van der Waals surface area contributed by atoms with Gasteiger partial charge >= 0.3 is 0 Å². The lowest BCUT2D eigenvalue weighted by molar-refractivity contribution is -0.369. The second-order valence-electron chi connectivity index (χ2n) is 2.89. The van der Waals surface area contributed by atoms with E-state index in [0.29, 0.717) is 5.38 Å². The number of nitrogens with zero attached hydrogens (tertiary/aromatic N) is 1. The molecule has 10 heavy (non-hydrogen) atoms. The van der Waals surface area contributed by atoms with Crippen LogP contribution in [-0.2, 0) is 0 Å². The zero-order valence-electron chi connectivity index (χ0n) is 6.35. The van der Waals surface area contributed by atoms with Crippen molar-refractivity contribution in [1.82, 2.24) is 4.90 Å². The molecule has 0 aromatic rings. The van der Waals surface area contributed by atoms with E-state index in [1.807, 2.05) is 0 Å². The topological polar surface area (TPSA) is 30.9 Å². The first-order valence-electron chi connectivity index (χ1n) is 3.98. The normalized spacial score (nSPS) is 28.8. The van der Waals surface area contributed by atoms with Gasteiger partial charge in [-0.25, -0.2) is 0 Å². The first kappa shape index (κ1) is 8.31. The second kappa shape index (κ2) is 4.16. The minimum atomic E-state index is 0.389. The highest BCUT2D eigenvalue weighted by Crippen LogP contribution is 2.13. The molecule has 0 radical (unpaired) electrons. The Kier molecular flexibility index (Phi) is 3.46. The molecule has 0 bridgehead atoms. The van der Waals surface area contributed by atoms with Crippen molar-refractivity contribution in [3.05, 3.63) is 0 Å². The molecule has 1 aliphatic heterocycles. The van der Waals surface area contributed by atoms with Crippen molar-refractivity contribution in [2.24, 2.45) is 0 Å². The molecule has 0 amide bonds. The number of hydrogen-bond donors (Lipinski definition) is 1. The van der Waals surface area contributed by atoms with Crippen LogP contribution in [0.3, 0.4) is 0 Å². The summed E-state index contributed by atoms with van der Waals surface area (Å²) < 4.78 is 0. The van der Waals surface area contributed by atoms with Crippen molar-refractivity contribution in [1.29, 1.82) is 0 Å². The van der Waals surface area contributed by atoms with E-state index in [1.54, 1.807) is 0 Å². The van der Waals surface area contributed by atoms with Gasteiger partial charge in [0.1, 0.15) is 0 Å². The van der Waals surface area contributed by atoms with Crippen LogP contribution in [0.4, 0.5) is 0 Å². The Hall–Kier alpha value is 0.210. The van der Waals surface area contributed by atoms with Crippen molar-refractivity contribution < 1.29 is 5.73 Å². The summed E-state index contributed by atoms with van der Waals surface area (Å²) in [6.07, 6.45) is 2.45. The van der Waals surface area contributed by atoms with E-state index in [2.05, 4.69) is 10.6 Å². The molecule has 0 aromatic heterocycles. The van der Waals surface area contributed by atoms with Crippen LogP contribution in [0.1, 0.15) is 12.8 Å². The number of halogens is 1. The zero-order chi connectivity index (χ0) is 7.40. The lowest BCUT2D eigenvalue weighted by Crippen LogP contribution is -2.56. The first-order chi connectivity index (χ1) is 4.83. The minimum absolute atomic E-state index is 0.389. The van der Waals surface area contributed by atoms with Gasteiger partial charge < -0.3 is 5.73 Å². The van der Waals surface area contributed by atoms with Crippen LogP contribution in [0.25, 0.3) is 0 Å². The van der Waals surface area contributed by atoms with Gasteiger partial charge in [-0.2, -0.15) is 0 Å². The average molecular weight is 164 g/mol. The van der Waals surface area contributed by atoms with Crippen LogP contribution < -0.4 is 5.73 Å². The number of hydrogen-bond acceptors (Lipinski definition) is 1. The highest BCUT2D eigenvalue weighted by molar-refractivity contribution is 6.20. The Labute approximate surface area is 67.3 Å². The molecule has 1 saturated heterocycles. The van der Waals surface area contributed by atoms with Crippen LogP contribution in [0.2, 0.25) is 0 Å². The van der Waals surface area contributed by atoms with Crippen molar-refractivity contribution in [2.75, 3.05) is 26.2 Å². The van der Waals surface area contributed by atoms with E-state index in [4.69, 9.17) is 11.6 Å². The lowest BCUT2D eigenvalue weighted by atomic mass is 10.1. The van der Waals surface area contributed by atoms with Gasteiger partial charge in [0.05, 0.1) is 6.54 Å². The third kappa shape index (κ3) is 2.45. The van der Waals surface area contributed by atoms with Gasteiger partial charge in [-0.1, -0.05) is 0 Å². The molecule has 1 unspecified atom stereocenters. The molecule has 0 aliphatic carbocycles. The van der Waals surface area contributed by atoms with Crippen molar-refractivity contribution in [3.8, 4) is 0 Å². The van der Waals surface area contributed by atoms with Gasteiger partial charge in [-0.15, -0.1) is 11.6 Å². The summed E-state index contributed by atoms with van der Waals surface area (Å²) in [5, 5.41) is 0.389. The molecule has 1 atom stereocenters. The Bertz CT molecular complexity index is 95.6. The lowest BCUT2D eigenvalue weighted by Gasteiger charge is -2.28. The van der Waals surface area contributed by atoms with E-state index in [9.17, 15) is 0 Å². The van der Waals surface area contributed by atoms with Gasteiger partial charge in [0.15, 0.2) is 0 Å². The highest BCUT2D eigenvalue weighted by atomic mass is 35.5. The fraction of sp³-hybridized carbons (Fsp3) is 1.00. The summed E-state index contributed by atoms with van der Waals surface area (Å²) in [6.45, 7) is 4.41. The van der Waals surface area contributed by atoms with Crippen molar-refractivity contribution in [2.45, 2.75) is 18.2 Å². The van der Waals surface area contributed by atoms with Crippen LogP contribution >= 0.6 is 11.6 Å². The first-order valence-corrected chi connectivity index (χ1v) is 4.42. The van der Waals surface area contributed by atoms with Gasteiger partial charge in [0, 0.05) is 18.5 Å². The Morgan fingerprint density at radius 1 is 1.60 bits per heavy atom. The van der Waals surface area contributed by atoms with Crippen LogP contribution in [-0.4, -0.2) is 36.5 Å². The summed E-state index contributed by atoms with van der Waals surface area (Å²) in [5.41, 5.74) is 3.82. The fourth-order valence-electron chi connectivity index (χ4n) is 1.43. The fourth-order valence-corrected chi connectivity index (χ4v) is 1.78. The van der Waals surface area contributed by atoms with Gasteiger partial charge in [0.2, 0.25) is 0 Å². The summed E-state index contributed by atoms with van der Waals surface area (Å²) in [5.74, 6) is 0. The SMILES string of the molecule is [NH3+]CCN1CCCC(Cl)C1. The molecule has 60 valence electrons. The molecule has 0 saturated carbocycles. The summed E-state index contributed by atoms with van der Waals surface area (Å²) in [4.78, 5) is 2.40. The maximum absolute atomic E-state index is 5.99. The van der Waals surface area contributed by atoms with E-state index < -0.39 is 0 Å². The molecule has 0 spiro atoms. The van der Waals surface area contributed by atoms with Gasteiger partial charge in [-0.3, -0.25) is 4.90 Å². The predicted molar refractivity (Wildman–Crippen MR) is 43.1 cm³/mol. The molecule has 0 aromatic carbocycles. The molecule has 1 aliphatic rings. The number of alkyl halides is 1. The van der Waals surface area contributed by atoms with Crippen LogP contribution in [0.15, 0.2) is 0 Å². The monoisotopic (exact) mass is 163 g/mol. The minimum Gasteiger partial charge on any atom is -0.357 e. The van der Waals surface area contributed by atoms with E-state index in [-0.39, 0.29) is 0 Å². The quantitative estimate of drug-likeness (QED) is 0.568. The van der Waals surface area contributed by atoms with E-state index in [1.165, 1.54) is 19.4 Å². The summed E-state index contributed by atoms with van der Waals surface area (Å²) >= 11 is 5.99.